The third kappa shape index (κ3) is 2.45. The molecule has 0 fully saturated rings. The molecule has 22 heavy (non-hydrogen) atoms. The average molecular weight is 307 g/mol. The second-order valence-corrected chi connectivity index (χ2v) is 4.92. The first-order chi connectivity index (χ1) is 10.4. The van der Waals surface area contributed by atoms with E-state index < -0.39 is 17.3 Å². The Bertz CT molecular complexity index is 840. The van der Waals surface area contributed by atoms with Crippen LogP contribution < -0.4 is 11.1 Å². The lowest BCUT2D eigenvalue weighted by molar-refractivity contribution is 0.0138. The molecule has 0 bridgehead atoms. The monoisotopic (exact) mass is 307 g/mol. The summed E-state index contributed by atoms with van der Waals surface area (Å²) in [4.78, 5) is 3.91. The van der Waals surface area contributed by atoms with E-state index in [1.54, 1.807) is 12.3 Å². The number of benzene rings is 1. The van der Waals surface area contributed by atoms with E-state index in [0.717, 1.165) is 12.1 Å². The Morgan fingerprint density at radius 1 is 1.27 bits per heavy atom. The van der Waals surface area contributed by atoms with Crippen molar-refractivity contribution in [3.8, 4) is 0 Å². The van der Waals surface area contributed by atoms with Crippen molar-refractivity contribution in [2.45, 2.75) is 12.8 Å². The van der Waals surface area contributed by atoms with E-state index in [9.17, 15) is 13.2 Å². The number of furan rings is 1. The van der Waals surface area contributed by atoms with Gasteiger partial charge in [0.05, 0.1) is 11.8 Å². The molecule has 0 saturated carbocycles. The maximum Gasteiger partial charge on any atom is 0.273 e. The summed E-state index contributed by atoms with van der Waals surface area (Å²) in [6, 6.07) is 5.06. The molecule has 0 aliphatic heterocycles. The Morgan fingerprint density at radius 3 is 2.77 bits per heavy atom. The Balaban J connectivity index is 2.04. The molecular weight excluding hydrogens is 295 g/mol. The van der Waals surface area contributed by atoms with Crippen molar-refractivity contribution in [3.63, 3.8) is 0 Å². The SMILES string of the molecule is CC(F)(F)c1cc(Nc2c(N)oc3cnccc23)ccc1F. The van der Waals surface area contributed by atoms with Gasteiger partial charge in [0.25, 0.3) is 5.92 Å². The van der Waals surface area contributed by atoms with Crippen LogP contribution in [0.3, 0.4) is 0 Å². The number of hydrogen-bond acceptors (Lipinski definition) is 4. The quantitative estimate of drug-likeness (QED) is 0.752. The maximum absolute atomic E-state index is 13.5. The Labute approximate surface area is 123 Å². The predicted molar refractivity (Wildman–Crippen MR) is 77.7 cm³/mol. The van der Waals surface area contributed by atoms with Gasteiger partial charge >= 0.3 is 0 Å². The van der Waals surface area contributed by atoms with Crippen LogP contribution in [0.1, 0.15) is 12.5 Å². The third-order valence-corrected chi connectivity index (χ3v) is 3.23. The van der Waals surface area contributed by atoms with Crippen LogP contribution in [-0.2, 0) is 5.92 Å². The van der Waals surface area contributed by atoms with Gasteiger partial charge in [0.1, 0.15) is 11.5 Å². The lowest BCUT2D eigenvalue weighted by Gasteiger charge is -2.14. The van der Waals surface area contributed by atoms with E-state index in [2.05, 4.69) is 10.3 Å². The van der Waals surface area contributed by atoms with Gasteiger partial charge in [-0.3, -0.25) is 4.98 Å². The van der Waals surface area contributed by atoms with Gasteiger partial charge in [0.15, 0.2) is 5.58 Å². The Hall–Kier alpha value is -2.70. The molecule has 3 aromatic rings. The van der Waals surface area contributed by atoms with E-state index in [1.165, 1.54) is 12.3 Å². The normalized spacial score (nSPS) is 11.8. The molecule has 3 rings (SSSR count). The number of rotatable bonds is 3. The van der Waals surface area contributed by atoms with E-state index in [4.69, 9.17) is 10.2 Å². The van der Waals surface area contributed by atoms with Crippen LogP contribution in [0.25, 0.3) is 11.0 Å². The van der Waals surface area contributed by atoms with Gasteiger partial charge in [0, 0.05) is 24.2 Å². The smallest absolute Gasteiger partial charge is 0.273 e. The summed E-state index contributed by atoms with van der Waals surface area (Å²) in [6.07, 6.45) is 3.05. The zero-order chi connectivity index (χ0) is 15.9. The lowest BCUT2D eigenvalue weighted by atomic mass is 10.1. The zero-order valence-electron chi connectivity index (χ0n) is 11.5. The van der Waals surface area contributed by atoms with Crippen molar-refractivity contribution < 1.29 is 17.6 Å². The number of anilines is 3. The van der Waals surface area contributed by atoms with Crippen molar-refractivity contribution in [2.75, 3.05) is 11.1 Å². The number of aromatic nitrogens is 1. The van der Waals surface area contributed by atoms with Gasteiger partial charge < -0.3 is 15.5 Å². The minimum absolute atomic E-state index is 0.0946. The largest absolute Gasteiger partial charge is 0.437 e. The van der Waals surface area contributed by atoms with E-state index in [0.29, 0.717) is 23.6 Å². The fourth-order valence-electron chi connectivity index (χ4n) is 2.18. The molecule has 2 aromatic heterocycles. The molecule has 114 valence electrons. The summed E-state index contributed by atoms with van der Waals surface area (Å²) in [5.41, 5.74) is 6.26. The molecule has 0 atom stereocenters. The highest BCUT2D eigenvalue weighted by atomic mass is 19.3. The van der Waals surface area contributed by atoms with E-state index >= 15 is 0 Å². The van der Waals surface area contributed by atoms with Crippen LogP contribution in [0.2, 0.25) is 0 Å². The summed E-state index contributed by atoms with van der Waals surface area (Å²) in [5, 5.41) is 3.54. The number of pyridine rings is 1. The highest BCUT2D eigenvalue weighted by molar-refractivity contribution is 5.97. The van der Waals surface area contributed by atoms with E-state index in [1.807, 2.05) is 0 Å². The second kappa shape index (κ2) is 4.94. The molecule has 1 aromatic carbocycles. The fourth-order valence-corrected chi connectivity index (χ4v) is 2.18. The molecule has 0 spiro atoms. The molecule has 7 heteroatoms. The highest BCUT2D eigenvalue weighted by Gasteiger charge is 2.28. The van der Waals surface area contributed by atoms with Crippen molar-refractivity contribution in [1.29, 1.82) is 0 Å². The fraction of sp³-hybridized carbons (Fsp3) is 0.133. The third-order valence-electron chi connectivity index (χ3n) is 3.23. The molecule has 0 aliphatic carbocycles. The van der Waals surface area contributed by atoms with Gasteiger partial charge in [-0.25, -0.2) is 13.2 Å². The molecule has 0 radical (unpaired) electrons. The number of nitrogens with zero attached hydrogens (tertiary/aromatic N) is 1. The minimum atomic E-state index is -3.28. The van der Waals surface area contributed by atoms with Crippen LogP contribution in [-0.4, -0.2) is 4.98 Å². The van der Waals surface area contributed by atoms with Crippen molar-refractivity contribution in [1.82, 2.24) is 4.98 Å². The maximum atomic E-state index is 13.5. The van der Waals surface area contributed by atoms with Gasteiger partial charge in [-0.05, 0) is 24.3 Å². The van der Waals surface area contributed by atoms with Gasteiger partial charge in [-0.2, -0.15) is 0 Å². The molecule has 4 nitrogen and oxygen atoms in total. The number of nitrogens with two attached hydrogens (primary N) is 1. The molecule has 0 aliphatic rings. The zero-order valence-corrected chi connectivity index (χ0v) is 11.5. The number of halogens is 3. The number of nitrogen functional groups attached to an aromatic ring is 1. The van der Waals surface area contributed by atoms with E-state index in [-0.39, 0.29) is 11.6 Å². The van der Waals surface area contributed by atoms with Crippen LogP contribution in [0.15, 0.2) is 41.1 Å². The first kappa shape index (κ1) is 14.2. The Kier molecular flexibility index (Phi) is 3.20. The molecule has 0 unspecified atom stereocenters. The van der Waals surface area contributed by atoms with Crippen LogP contribution in [0.4, 0.5) is 30.4 Å². The van der Waals surface area contributed by atoms with Crippen molar-refractivity contribution in [3.05, 3.63) is 48.0 Å². The van der Waals surface area contributed by atoms with Crippen molar-refractivity contribution in [2.24, 2.45) is 0 Å². The summed E-state index contributed by atoms with van der Waals surface area (Å²) < 4.78 is 45.6. The lowest BCUT2D eigenvalue weighted by Crippen LogP contribution is -2.10. The summed E-state index contributed by atoms with van der Waals surface area (Å²) in [6.45, 7) is 0.641. The van der Waals surface area contributed by atoms with Gasteiger partial charge in [0.2, 0.25) is 5.88 Å². The second-order valence-electron chi connectivity index (χ2n) is 4.92. The number of fused-ring (bicyclic) bond motifs is 1. The molecular formula is C15H12F3N3O. The summed E-state index contributed by atoms with van der Waals surface area (Å²) in [7, 11) is 0. The van der Waals surface area contributed by atoms with Crippen LogP contribution in [0.5, 0.6) is 0 Å². The first-order valence-electron chi connectivity index (χ1n) is 6.43. The van der Waals surface area contributed by atoms with Crippen LogP contribution in [0, 0.1) is 5.82 Å². The standard InChI is InChI=1S/C15H12F3N3O/c1-15(17,18)10-6-8(2-3-11(10)16)21-13-9-4-5-20-7-12(9)22-14(13)19/h2-7,21H,19H2,1H3. The minimum Gasteiger partial charge on any atom is -0.437 e. The summed E-state index contributed by atoms with van der Waals surface area (Å²) in [5.74, 6) is -4.15. The van der Waals surface area contributed by atoms with Crippen molar-refractivity contribution >= 4 is 28.2 Å². The Morgan fingerprint density at radius 2 is 2.05 bits per heavy atom. The molecule has 0 saturated heterocycles. The molecule has 0 amide bonds. The number of hydrogen-bond donors (Lipinski definition) is 2. The van der Waals surface area contributed by atoms with Gasteiger partial charge in [-0.1, -0.05) is 0 Å². The first-order valence-corrected chi connectivity index (χ1v) is 6.43. The topological polar surface area (TPSA) is 64.1 Å². The molecule has 2 heterocycles. The highest BCUT2D eigenvalue weighted by Crippen LogP contribution is 2.36. The summed E-state index contributed by atoms with van der Waals surface area (Å²) >= 11 is 0. The molecule has 3 N–H and O–H groups in total. The number of nitrogens with one attached hydrogen (secondary N) is 1. The van der Waals surface area contributed by atoms with Crippen LogP contribution >= 0.6 is 0 Å². The average Bonchev–Trinajstić information content (AvgIpc) is 2.76. The number of alkyl halides is 2. The predicted octanol–water partition coefficient (Wildman–Crippen LogP) is 4.40. The van der Waals surface area contributed by atoms with Gasteiger partial charge in [-0.15, -0.1) is 0 Å².